The van der Waals surface area contributed by atoms with Gasteiger partial charge in [-0.05, 0) is 46.1 Å². The molecule has 0 aromatic heterocycles. The Labute approximate surface area is 159 Å². The molecule has 0 aromatic carbocycles. The van der Waals surface area contributed by atoms with Crippen molar-refractivity contribution in [2.45, 2.75) is 64.1 Å². The Morgan fingerprint density at radius 2 is 1.81 bits per heavy atom. The maximum absolute atomic E-state index is 12.6. The number of nitrogens with zero attached hydrogens (tertiary/aromatic N) is 2. The summed E-state index contributed by atoms with van der Waals surface area (Å²) >= 11 is 0. The number of aliphatic carboxylic acids is 1. The number of carboxylic acid groups (broad SMARTS) is 1. The highest BCUT2D eigenvalue weighted by molar-refractivity contribution is 5.92. The van der Waals surface area contributed by atoms with Gasteiger partial charge in [0.2, 0.25) is 11.8 Å². The maximum atomic E-state index is 12.6. The molecule has 9 nitrogen and oxygen atoms in total. The van der Waals surface area contributed by atoms with E-state index in [2.05, 4.69) is 5.32 Å². The van der Waals surface area contributed by atoms with Gasteiger partial charge in [0.25, 0.3) is 0 Å². The minimum absolute atomic E-state index is 0.222. The van der Waals surface area contributed by atoms with Gasteiger partial charge < -0.3 is 20.1 Å². The van der Waals surface area contributed by atoms with Gasteiger partial charge in [-0.15, -0.1) is 0 Å². The van der Waals surface area contributed by atoms with E-state index in [1.807, 2.05) is 4.90 Å². The van der Waals surface area contributed by atoms with Gasteiger partial charge in [0.15, 0.2) is 0 Å². The number of likely N-dealkylation sites (tertiary alicyclic amines) is 2. The van der Waals surface area contributed by atoms with Crippen molar-refractivity contribution < 1.29 is 29.0 Å². The van der Waals surface area contributed by atoms with Gasteiger partial charge >= 0.3 is 11.9 Å². The fourth-order valence-corrected chi connectivity index (χ4v) is 3.77. The lowest BCUT2D eigenvalue weighted by atomic mass is 10.1. The molecule has 2 heterocycles. The summed E-state index contributed by atoms with van der Waals surface area (Å²) in [5.74, 6) is -1.94. The van der Waals surface area contributed by atoms with Crippen molar-refractivity contribution >= 4 is 23.8 Å². The number of carbonyl (C=O) groups excluding carboxylic acids is 3. The standard InChI is InChI=1S/C18H29N3O6/c1-3-27-15(22)8-11-20-9-4-6-13(20)16(23)19-12(2)17(24)21-10-5-7-14(21)18(25)26/h12-14H,3-11H2,1-2H3,(H,19,23)(H,25,26)/t12-,13-,14-/m0/s1. The molecule has 2 aliphatic rings. The molecule has 0 saturated carbocycles. The third-order valence-electron chi connectivity index (χ3n) is 5.12. The van der Waals surface area contributed by atoms with Gasteiger partial charge in [0.1, 0.15) is 12.1 Å². The molecule has 152 valence electrons. The van der Waals surface area contributed by atoms with E-state index in [-0.39, 0.29) is 30.2 Å². The lowest BCUT2D eigenvalue weighted by Gasteiger charge is -2.28. The number of rotatable bonds is 8. The zero-order valence-corrected chi connectivity index (χ0v) is 16.0. The van der Waals surface area contributed by atoms with E-state index in [9.17, 15) is 24.3 Å². The van der Waals surface area contributed by atoms with Gasteiger partial charge in [0.05, 0.1) is 19.1 Å². The van der Waals surface area contributed by atoms with E-state index in [4.69, 9.17) is 4.74 Å². The predicted molar refractivity (Wildman–Crippen MR) is 95.8 cm³/mol. The fourth-order valence-electron chi connectivity index (χ4n) is 3.77. The summed E-state index contributed by atoms with van der Waals surface area (Å²) in [5, 5.41) is 11.9. The number of esters is 1. The molecule has 2 N–H and O–H groups in total. The summed E-state index contributed by atoms with van der Waals surface area (Å²) in [7, 11) is 0. The third kappa shape index (κ3) is 5.41. The molecule has 2 amide bonds. The first kappa shape index (κ1) is 21.1. The van der Waals surface area contributed by atoms with E-state index in [1.165, 1.54) is 4.90 Å². The first-order valence-electron chi connectivity index (χ1n) is 9.58. The van der Waals surface area contributed by atoms with Crippen LogP contribution in [0.5, 0.6) is 0 Å². The molecule has 27 heavy (non-hydrogen) atoms. The topological polar surface area (TPSA) is 116 Å². The third-order valence-corrected chi connectivity index (χ3v) is 5.12. The van der Waals surface area contributed by atoms with E-state index < -0.39 is 18.1 Å². The Morgan fingerprint density at radius 3 is 2.48 bits per heavy atom. The molecule has 2 fully saturated rings. The van der Waals surface area contributed by atoms with Crippen LogP contribution in [0.1, 0.15) is 46.0 Å². The molecular formula is C18H29N3O6. The zero-order valence-electron chi connectivity index (χ0n) is 16.0. The number of carbonyl (C=O) groups is 4. The lowest BCUT2D eigenvalue weighted by Crippen LogP contribution is -2.53. The molecular weight excluding hydrogens is 354 g/mol. The molecule has 9 heteroatoms. The van der Waals surface area contributed by atoms with E-state index >= 15 is 0 Å². The molecule has 2 rings (SSSR count). The maximum Gasteiger partial charge on any atom is 0.326 e. The predicted octanol–water partition coefficient (Wildman–Crippen LogP) is -0.0157. The monoisotopic (exact) mass is 383 g/mol. The average molecular weight is 383 g/mol. The Morgan fingerprint density at radius 1 is 1.15 bits per heavy atom. The van der Waals surface area contributed by atoms with Crippen LogP contribution in [0.25, 0.3) is 0 Å². The molecule has 0 spiro atoms. The number of hydrogen-bond donors (Lipinski definition) is 2. The SMILES string of the molecule is CCOC(=O)CCN1CCC[C@H]1C(=O)N[C@@H](C)C(=O)N1CCC[C@H]1C(=O)O. The van der Waals surface area contributed by atoms with Gasteiger partial charge in [-0.2, -0.15) is 0 Å². The fraction of sp³-hybridized carbons (Fsp3) is 0.778. The molecule has 2 aliphatic heterocycles. The van der Waals surface area contributed by atoms with E-state index in [0.29, 0.717) is 45.5 Å². The van der Waals surface area contributed by atoms with Crippen molar-refractivity contribution in [1.29, 1.82) is 0 Å². The van der Waals surface area contributed by atoms with Crippen molar-refractivity contribution in [3.8, 4) is 0 Å². The van der Waals surface area contributed by atoms with E-state index in [1.54, 1.807) is 13.8 Å². The second-order valence-corrected chi connectivity index (χ2v) is 7.01. The van der Waals surface area contributed by atoms with Crippen LogP contribution in [0.4, 0.5) is 0 Å². The minimum atomic E-state index is -1.01. The van der Waals surface area contributed by atoms with Crippen molar-refractivity contribution in [1.82, 2.24) is 15.1 Å². The Kier molecular flexibility index (Phi) is 7.58. The average Bonchev–Trinajstić information content (AvgIpc) is 3.28. The summed E-state index contributed by atoms with van der Waals surface area (Å²) in [6, 6.07) is -1.99. The lowest BCUT2D eigenvalue weighted by molar-refractivity contribution is -0.149. The molecule has 3 atom stereocenters. The molecule has 0 unspecified atom stereocenters. The summed E-state index contributed by atoms with van der Waals surface area (Å²) in [6.07, 6.45) is 2.81. The quantitative estimate of drug-likeness (QED) is 0.566. The van der Waals surface area contributed by atoms with Gasteiger partial charge in [-0.25, -0.2) is 4.79 Å². The summed E-state index contributed by atoms with van der Waals surface area (Å²) < 4.78 is 4.92. The number of amides is 2. The van der Waals surface area contributed by atoms with Crippen molar-refractivity contribution in [2.24, 2.45) is 0 Å². The number of hydrogen-bond acceptors (Lipinski definition) is 6. The number of carboxylic acids is 1. The second-order valence-electron chi connectivity index (χ2n) is 7.01. The highest BCUT2D eigenvalue weighted by atomic mass is 16.5. The van der Waals surface area contributed by atoms with Gasteiger partial charge in [-0.1, -0.05) is 0 Å². The van der Waals surface area contributed by atoms with Crippen LogP contribution in [-0.2, 0) is 23.9 Å². The Hall–Kier alpha value is -2.16. The molecule has 0 aliphatic carbocycles. The first-order valence-corrected chi connectivity index (χ1v) is 9.58. The van der Waals surface area contributed by atoms with Crippen LogP contribution in [0.2, 0.25) is 0 Å². The van der Waals surface area contributed by atoms with Crippen molar-refractivity contribution in [3.63, 3.8) is 0 Å². The molecule has 0 bridgehead atoms. The van der Waals surface area contributed by atoms with Crippen LogP contribution >= 0.6 is 0 Å². The summed E-state index contributed by atoms with van der Waals surface area (Å²) in [6.45, 7) is 5.20. The van der Waals surface area contributed by atoms with Gasteiger partial charge in [-0.3, -0.25) is 19.3 Å². The number of ether oxygens (including phenoxy) is 1. The Bertz CT molecular complexity index is 581. The van der Waals surface area contributed by atoms with Crippen molar-refractivity contribution in [2.75, 3.05) is 26.2 Å². The van der Waals surface area contributed by atoms with E-state index in [0.717, 1.165) is 6.42 Å². The summed E-state index contributed by atoms with van der Waals surface area (Å²) in [4.78, 5) is 51.2. The highest BCUT2D eigenvalue weighted by Crippen LogP contribution is 2.20. The van der Waals surface area contributed by atoms with Crippen LogP contribution in [0.3, 0.4) is 0 Å². The normalized spacial score (nSPS) is 23.9. The minimum Gasteiger partial charge on any atom is -0.480 e. The Balaban J connectivity index is 1.88. The largest absolute Gasteiger partial charge is 0.480 e. The van der Waals surface area contributed by atoms with Crippen LogP contribution in [0.15, 0.2) is 0 Å². The molecule has 0 aromatic rings. The molecule has 2 saturated heterocycles. The first-order chi connectivity index (χ1) is 12.8. The van der Waals surface area contributed by atoms with Crippen LogP contribution in [-0.4, -0.2) is 83.0 Å². The summed E-state index contributed by atoms with van der Waals surface area (Å²) in [5.41, 5.74) is 0. The highest BCUT2D eigenvalue weighted by Gasteiger charge is 2.37. The number of nitrogens with one attached hydrogen (secondary N) is 1. The smallest absolute Gasteiger partial charge is 0.326 e. The van der Waals surface area contributed by atoms with Crippen LogP contribution in [0, 0.1) is 0 Å². The zero-order chi connectivity index (χ0) is 20.0. The van der Waals surface area contributed by atoms with Crippen molar-refractivity contribution in [3.05, 3.63) is 0 Å². The van der Waals surface area contributed by atoms with Crippen LogP contribution < -0.4 is 5.32 Å². The molecule has 0 radical (unpaired) electrons. The van der Waals surface area contributed by atoms with Gasteiger partial charge in [0, 0.05) is 13.1 Å². The second kappa shape index (κ2) is 9.68.